The third-order valence-electron chi connectivity index (χ3n) is 3.93. The van der Waals surface area contributed by atoms with Crippen LogP contribution in [0.15, 0.2) is 43.0 Å². The van der Waals surface area contributed by atoms with Crippen LogP contribution >= 0.6 is 0 Å². The Morgan fingerprint density at radius 3 is 2.43 bits per heavy atom. The number of hydrogen-bond donors (Lipinski definition) is 0. The molecule has 5 nitrogen and oxygen atoms in total. The molecule has 0 N–H and O–H groups in total. The Hall–Kier alpha value is -2.43. The van der Waals surface area contributed by atoms with Gasteiger partial charge in [-0.25, -0.2) is 0 Å². The highest BCUT2D eigenvalue weighted by Crippen LogP contribution is 2.15. The lowest BCUT2D eigenvalue weighted by Gasteiger charge is -2.22. The molecular formula is C18H24N4O. The molecule has 5 heteroatoms. The van der Waals surface area contributed by atoms with Gasteiger partial charge >= 0.3 is 0 Å². The van der Waals surface area contributed by atoms with Gasteiger partial charge in [-0.15, -0.1) is 0 Å². The van der Waals surface area contributed by atoms with Gasteiger partial charge in [-0.05, 0) is 44.0 Å². The minimum absolute atomic E-state index is 0.000521. The molecule has 23 heavy (non-hydrogen) atoms. The van der Waals surface area contributed by atoms with Crippen LogP contribution in [0.2, 0.25) is 0 Å². The van der Waals surface area contributed by atoms with E-state index in [1.807, 2.05) is 25.2 Å². The van der Waals surface area contributed by atoms with Crippen molar-refractivity contribution in [1.82, 2.24) is 14.9 Å². The van der Waals surface area contributed by atoms with Crippen molar-refractivity contribution in [1.29, 1.82) is 0 Å². The van der Waals surface area contributed by atoms with Crippen molar-refractivity contribution in [2.75, 3.05) is 31.6 Å². The molecule has 122 valence electrons. The van der Waals surface area contributed by atoms with Gasteiger partial charge in [0, 0.05) is 45.3 Å². The zero-order valence-electron chi connectivity index (χ0n) is 14.1. The van der Waals surface area contributed by atoms with Crippen LogP contribution in [0, 0.1) is 0 Å². The minimum atomic E-state index is 0.000521. The second-order valence-electron chi connectivity index (χ2n) is 5.44. The average molecular weight is 312 g/mol. The van der Waals surface area contributed by atoms with Crippen LogP contribution < -0.4 is 4.90 Å². The van der Waals surface area contributed by atoms with Gasteiger partial charge in [-0.3, -0.25) is 14.8 Å². The van der Waals surface area contributed by atoms with Crippen molar-refractivity contribution in [2.45, 2.75) is 20.3 Å². The van der Waals surface area contributed by atoms with Gasteiger partial charge in [0.15, 0.2) is 0 Å². The standard InChI is InChI=1S/C18H24N4O/c1-4-22(5-2)17-12-16(13-20-14-17)18(23)21(3)11-8-15-6-9-19-10-7-15/h6-7,9-10,12-14H,4-5,8,11H2,1-3H3. The Labute approximate surface area is 138 Å². The van der Waals surface area contributed by atoms with Gasteiger partial charge < -0.3 is 9.80 Å². The lowest BCUT2D eigenvalue weighted by atomic mass is 10.2. The molecule has 0 unspecified atom stereocenters. The molecule has 2 heterocycles. The van der Waals surface area contributed by atoms with Crippen molar-refractivity contribution in [2.24, 2.45) is 0 Å². The number of likely N-dealkylation sites (N-methyl/N-ethyl adjacent to an activating group) is 1. The molecule has 0 atom stereocenters. The normalized spacial score (nSPS) is 10.4. The maximum absolute atomic E-state index is 12.6. The molecule has 1 amide bonds. The minimum Gasteiger partial charge on any atom is -0.371 e. The average Bonchev–Trinajstić information content (AvgIpc) is 2.61. The summed E-state index contributed by atoms with van der Waals surface area (Å²) < 4.78 is 0. The lowest BCUT2D eigenvalue weighted by Crippen LogP contribution is -2.29. The SMILES string of the molecule is CCN(CC)c1cncc(C(=O)N(C)CCc2ccncc2)c1. The molecule has 0 aliphatic rings. The predicted molar refractivity (Wildman–Crippen MR) is 92.7 cm³/mol. The number of aromatic nitrogens is 2. The second kappa shape index (κ2) is 8.27. The topological polar surface area (TPSA) is 49.3 Å². The summed E-state index contributed by atoms with van der Waals surface area (Å²) in [4.78, 5) is 24.7. The summed E-state index contributed by atoms with van der Waals surface area (Å²) in [7, 11) is 1.83. The highest BCUT2D eigenvalue weighted by atomic mass is 16.2. The smallest absolute Gasteiger partial charge is 0.255 e. The second-order valence-corrected chi connectivity index (χ2v) is 5.44. The van der Waals surface area contributed by atoms with E-state index in [-0.39, 0.29) is 5.91 Å². The Balaban J connectivity index is 2.03. The van der Waals surface area contributed by atoms with Crippen LogP contribution in [0.4, 0.5) is 5.69 Å². The van der Waals surface area contributed by atoms with Crippen LogP contribution in [-0.2, 0) is 6.42 Å². The summed E-state index contributed by atoms with van der Waals surface area (Å²) in [6.07, 6.45) is 7.80. The Morgan fingerprint density at radius 2 is 1.78 bits per heavy atom. The first-order chi connectivity index (χ1) is 11.2. The number of nitrogens with zero attached hydrogens (tertiary/aromatic N) is 4. The number of carbonyl (C=O) groups is 1. The maximum atomic E-state index is 12.6. The molecule has 2 aromatic rings. The number of hydrogen-bond acceptors (Lipinski definition) is 4. The van der Waals surface area contributed by atoms with E-state index in [0.29, 0.717) is 12.1 Å². The summed E-state index contributed by atoms with van der Waals surface area (Å²) in [6, 6.07) is 5.87. The van der Waals surface area contributed by atoms with E-state index in [1.54, 1.807) is 29.7 Å². The van der Waals surface area contributed by atoms with Crippen molar-refractivity contribution in [3.8, 4) is 0 Å². The number of rotatable bonds is 7. The highest BCUT2D eigenvalue weighted by molar-refractivity contribution is 5.94. The molecule has 0 radical (unpaired) electrons. The summed E-state index contributed by atoms with van der Waals surface area (Å²) >= 11 is 0. The Morgan fingerprint density at radius 1 is 1.09 bits per heavy atom. The fraction of sp³-hybridized carbons (Fsp3) is 0.389. The van der Waals surface area contributed by atoms with E-state index in [4.69, 9.17) is 0 Å². The molecule has 2 aromatic heterocycles. The van der Waals surface area contributed by atoms with Crippen LogP contribution in [-0.4, -0.2) is 47.5 Å². The van der Waals surface area contributed by atoms with Crippen molar-refractivity contribution in [3.05, 3.63) is 54.1 Å². The van der Waals surface area contributed by atoms with Gasteiger partial charge in [0.05, 0.1) is 17.4 Å². The summed E-state index contributed by atoms with van der Waals surface area (Å²) in [5.74, 6) is 0.000521. The summed E-state index contributed by atoms with van der Waals surface area (Å²) in [5.41, 5.74) is 2.80. The van der Waals surface area contributed by atoms with E-state index in [2.05, 4.69) is 28.7 Å². The predicted octanol–water partition coefficient (Wildman–Crippen LogP) is 2.64. The van der Waals surface area contributed by atoms with Crippen molar-refractivity contribution >= 4 is 11.6 Å². The maximum Gasteiger partial charge on any atom is 0.255 e. The third-order valence-corrected chi connectivity index (χ3v) is 3.93. The first-order valence-electron chi connectivity index (χ1n) is 8.00. The molecule has 0 aromatic carbocycles. The number of anilines is 1. The van der Waals surface area contributed by atoms with Gasteiger partial charge in [0.25, 0.3) is 5.91 Å². The summed E-state index contributed by atoms with van der Waals surface area (Å²) in [5, 5.41) is 0. The zero-order chi connectivity index (χ0) is 16.7. The molecule has 2 rings (SSSR count). The van der Waals surface area contributed by atoms with Gasteiger partial charge in [0.2, 0.25) is 0 Å². The molecule has 0 bridgehead atoms. The van der Waals surface area contributed by atoms with E-state index >= 15 is 0 Å². The fourth-order valence-electron chi connectivity index (χ4n) is 2.47. The zero-order valence-corrected chi connectivity index (χ0v) is 14.1. The monoisotopic (exact) mass is 312 g/mol. The largest absolute Gasteiger partial charge is 0.371 e. The molecule has 0 fully saturated rings. The first-order valence-corrected chi connectivity index (χ1v) is 8.00. The van der Waals surface area contributed by atoms with Crippen molar-refractivity contribution < 1.29 is 4.79 Å². The fourth-order valence-corrected chi connectivity index (χ4v) is 2.47. The van der Waals surface area contributed by atoms with Gasteiger partial charge in [-0.1, -0.05) is 0 Å². The van der Waals surface area contributed by atoms with Gasteiger partial charge in [-0.2, -0.15) is 0 Å². The Bertz CT molecular complexity index is 626. The lowest BCUT2D eigenvalue weighted by molar-refractivity contribution is 0.0796. The Kier molecular flexibility index (Phi) is 6.09. The highest BCUT2D eigenvalue weighted by Gasteiger charge is 2.14. The van der Waals surface area contributed by atoms with Gasteiger partial charge in [0.1, 0.15) is 0 Å². The van der Waals surface area contributed by atoms with Crippen LogP contribution in [0.25, 0.3) is 0 Å². The van der Waals surface area contributed by atoms with E-state index < -0.39 is 0 Å². The molecule has 0 aliphatic carbocycles. The first kappa shape index (κ1) is 16.9. The number of pyridine rings is 2. The molecule has 0 saturated heterocycles. The number of amides is 1. The van der Waals surface area contributed by atoms with Crippen LogP contribution in [0.1, 0.15) is 29.8 Å². The van der Waals surface area contributed by atoms with E-state index in [1.165, 1.54) is 5.56 Å². The van der Waals surface area contributed by atoms with E-state index in [9.17, 15) is 4.79 Å². The quantitative estimate of drug-likeness (QED) is 0.788. The molecular weight excluding hydrogens is 288 g/mol. The van der Waals surface area contributed by atoms with Crippen LogP contribution in [0.5, 0.6) is 0 Å². The van der Waals surface area contributed by atoms with Crippen molar-refractivity contribution in [3.63, 3.8) is 0 Å². The molecule has 0 spiro atoms. The molecule has 0 saturated carbocycles. The summed E-state index contributed by atoms with van der Waals surface area (Å²) in [6.45, 7) is 6.65. The number of carbonyl (C=O) groups excluding carboxylic acids is 1. The van der Waals surface area contributed by atoms with E-state index in [0.717, 1.165) is 25.2 Å². The van der Waals surface area contributed by atoms with Crippen LogP contribution in [0.3, 0.4) is 0 Å². The third kappa shape index (κ3) is 4.52. The molecule has 0 aliphatic heterocycles.